The molecule has 0 saturated carbocycles. The Bertz CT molecular complexity index is 1220. The molecule has 8 nitrogen and oxygen atoms in total. The van der Waals surface area contributed by atoms with Gasteiger partial charge in [0.1, 0.15) is 0 Å². The molecule has 4 aromatic rings. The summed E-state index contributed by atoms with van der Waals surface area (Å²) in [5, 5.41) is 16.1. The Labute approximate surface area is 188 Å². The average Bonchev–Trinajstić information content (AvgIpc) is 3.43. The van der Waals surface area contributed by atoms with Crippen LogP contribution in [0.15, 0.2) is 65.2 Å². The van der Waals surface area contributed by atoms with Crippen LogP contribution >= 0.6 is 23.5 Å². The maximum Gasteiger partial charge on any atom is 0.234 e. The van der Waals surface area contributed by atoms with Crippen LogP contribution in [0.3, 0.4) is 0 Å². The van der Waals surface area contributed by atoms with Crippen molar-refractivity contribution in [1.82, 2.24) is 29.8 Å². The van der Waals surface area contributed by atoms with E-state index >= 15 is 0 Å². The minimum atomic E-state index is -0.112. The lowest BCUT2D eigenvalue weighted by atomic mass is 10.1. The highest BCUT2D eigenvalue weighted by atomic mass is 32.2. The number of rotatable bonds is 7. The van der Waals surface area contributed by atoms with Crippen LogP contribution in [0.5, 0.6) is 0 Å². The predicted molar refractivity (Wildman–Crippen MR) is 123 cm³/mol. The monoisotopic (exact) mass is 451 g/mol. The summed E-state index contributed by atoms with van der Waals surface area (Å²) in [6, 6.07) is 13.6. The summed E-state index contributed by atoms with van der Waals surface area (Å²) in [7, 11) is 0. The molecule has 2 aromatic carbocycles. The number of aryl methyl sites for hydroxylation is 1. The van der Waals surface area contributed by atoms with Crippen molar-refractivity contribution in [2.45, 2.75) is 24.2 Å². The average molecular weight is 452 g/mol. The summed E-state index contributed by atoms with van der Waals surface area (Å²) in [5.41, 5.74) is 4.94. The molecule has 0 fully saturated rings. The van der Waals surface area contributed by atoms with Crippen molar-refractivity contribution < 1.29 is 4.79 Å². The Morgan fingerprint density at radius 3 is 2.81 bits per heavy atom. The largest absolute Gasteiger partial charge is 0.325 e. The van der Waals surface area contributed by atoms with Crippen LogP contribution in [0.4, 0.5) is 5.69 Å². The standard InChI is InChI=1S/C21H21N7OS2/c1-14-6-4-9-18(15(14)2)27-11-10-22-20(27)31-13-19(29)23-16-7-5-8-17(12-16)28-21(30-3)24-25-26-28/h4-12H,13H2,1-3H3,(H,23,29). The van der Waals surface area contributed by atoms with Gasteiger partial charge in [0.15, 0.2) is 5.16 Å². The number of amides is 1. The minimum Gasteiger partial charge on any atom is -0.325 e. The number of tetrazole rings is 1. The third kappa shape index (κ3) is 4.64. The van der Waals surface area contributed by atoms with E-state index in [2.05, 4.69) is 51.8 Å². The number of hydrogen-bond acceptors (Lipinski definition) is 7. The van der Waals surface area contributed by atoms with Crippen molar-refractivity contribution in [3.63, 3.8) is 0 Å². The Morgan fingerprint density at radius 1 is 1.13 bits per heavy atom. The van der Waals surface area contributed by atoms with Gasteiger partial charge in [0, 0.05) is 18.1 Å². The highest BCUT2D eigenvalue weighted by molar-refractivity contribution is 7.99. The van der Waals surface area contributed by atoms with E-state index in [1.54, 1.807) is 10.9 Å². The van der Waals surface area contributed by atoms with E-state index in [0.29, 0.717) is 10.8 Å². The zero-order chi connectivity index (χ0) is 21.8. The van der Waals surface area contributed by atoms with Crippen molar-refractivity contribution in [1.29, 1.82) is 0 Å². The van der Waals surface area contributed by atoms with Gasteiger partial charge in [-0.25, -0.2) is 4.98 Å². The molecule has 4 rings (SSSR count). The zero-order valence-electron chi connectivity index (χ0n) is 17.3. The fourth-order valence-corrected chi connectivity index (χ4v) is 4.29. The number of hydrogen-bond donors (Lipinski definition) is 1. The van der Waals surface area contributed by atoms with Gasteiger partial charge in [-0.2, -0.15) is 4.68 Å². The van der Waals surface area contributed by atoms with Crippen LogP contribution in [0, 0.1) is 13.8 Å². The number of thioether (sulfide) groups is 2. The van der Waals surface area contributed by atoms with Crippen LogP contribution in [0.2, 0.25) is 0 Å². The van der Waals surface area contributed by atoms with Crippen molar-refractivity contribution in [3.05, 3.63) is 66.0 Å². The molecule has 0 aliphatic carbocycles. The number of carbonyl (C=O) groups is 1. The summed E-state index contributed by atoms with van der Waals surface area (Å²) < 4.78 is 3.65. The van der Waals surface area contributed by atoms with Gasteiger partial charge in [-0.1, -0.05) is 41.7 Å². The first-order valence-electron chi connectivity index (χ1n) is 9.52. The van der Waals surface area contributed by atoms with Gasteiger partial charge in [0.05, 0.1) is 17.1 Å². The van der Waals surface area contributed by atoms with Gasteiger partial charge in [0.25, 0.3) is 0 Å². The van der Waals surface area contributed by atoms with Gasteiger partial charge in [0.2, 0.25) is 11.1 Å². The molecule has 158 valence electrons. The highest BCUT2D eigenvalue weighted by Crippen LogP contribution is 2.25. The first-order chi connectivity index (χ1) is 15.1. The number of aromatic nitrogens is 6. The number of anilines is 1. The number of carbonyl (C=O) groups excluding carboxylic acids is 1. The van der Waals surface area contributed by atoms with Gasteiger partial charge < -0.3 is 5.32 Å². The van der Waals surface area contributed by atoms with Gasteiger partial charge in [-0.15, -0.1) is 5.10 Å². The summed E-state index contributed by atoms with van der Waals surface area (Å²) in [6.07, 6.45) is 5.58. The fourth-order valence-electron chi connectivity index (χ4n) is 3.09. The molecule has 31 heavy (non-hydrogen) atoms. The van der Waals surface area contributed by atoms with Crippen molar-refractivity contribution >= 4 is 35.1 Å². The van der Waals surface area contributed by atoms with Crippen molar-refractivity contribution in [2.24, 2.45) is 0 Å². The van der Waals surface area contributed by atoms with E-state index in [1.165, 1.54) is 34.7 Å². The van der Waals surface area contributed by atoms with E-state index in [1.807, 2.05) is 47.4 Å². The molecule has 10 heteroatoms. The summed E-state index contributed by atoms with van der Waals surface area (Å²) in [6.45, 7) is 4.17. The minimum absolute atomic E-state index is 0.112. The third-order valence-corrected chi connectivity index (χ3v) is 6.36. The molecular weight excluding hydrogens is 430 g/mol. The quantitative estimate of drug-likeness (QED) is 0.426. The Hall–Kier alpha value is -3.11. The van der Waals surface area contributed by atoms with E-state index in [4.69, 9.17) is 0 Å². The molecule has 0 saturated heterocycles. The molecule has 1 N–H and O–H groups in total. The van der Waals surface area contributed by atoms with Gasteiger partial charge in [-0.05, 0) is 65.9 Å². The van der Waals surface area contributed by atoms with E-state index in [-0.39, 0.29) is 11.7 Å². The lowest BCUT2D eigenvalue weighted by Crippen LogP contribution is -2.15. The first-order valence-corrected chi connectivity index (χ1v) is 11.7. The maximum atomic E-state index is 12.6. The van der Waals surface area contributed by atoms with Crippen LogP contribution < -0.4 is 5.32 Å². The molecule has 0 spiro atoms. The second kappa shape index (κ2) is 9.36. The molecule has 0 unspecified atom stereocenters. The number of benzene rings is 2. The van der Waals surface area contributed by atoms with Crippen molar-refractivity contribution in [3.8, 4) is 11.4 Å². The van der Waals surface area contributed by atoms with Crippen LogP contribution in [0.25, 0.3) is 11.4 Å². The highest BCUT2D eigenvalue weighted by Gasteiger charge is 2.12. The summed E-state index contributed by atoms with van der Waals surface area (Å²) >= 11 is 2.85. The number of imidazole rings is 1. The Kier molecular flexibility index (Phi) is 6.38. The number of nitrogens with one attached hydrogen (secondary N) is 1. The van der Waals surface area contributed by atoms with E-state index < -0.39 is 0 Å². The second-order valence-corrected chi connectivity index (χ2v) is 8.48. The fraction of sp³-hybridized carbons (Fsp3) is 0.190. The molecule has 0 atom stereocenters. The lowest BCUT2D eigenvalue weighted by Gasteiger charge is -2.12. The molecule has 0 aliphatic heterocycles. The normalized spacial score (nSPS) is 10.9. The molecule has 2 heterocycles. The third-order valence-electron chi connectivity index (χ3n) is 4.77. The topological polar surface area (TPSA) is 90.5 Å². The molecule has 1 amide bonds. The Morgan fingerprint density at radius 2 is 1.97 bits per heavy atom. The summed E-state index contributed by atoms with van der Waals surface area (Å²) in [4.78, 5) is 17.0. The molecule has 0 bridgehead atoms. The number of nitrogens with zero attached hydrogens (tertiary/aromatic N) is 6. The van der Waals surface area contributed by atoms with Gasteiger partial charge >= 0.3 is 0 Å². The zero-order valence-corrected chi connectivity index (χ0v) is 18.9. The molecule has 0 aliphatic rings. The van der Waals surface area contributed by atoms with Crippen LogP contribution in [-0.2, 0) is 4.79 Å². The first kappa shape index (κ1) is 21.1. The van der Waals surface area contributed by atoms with Crippen LogP contribution in [-0.4, -0.2) is 47.7 Å². The van der Waals surface area contributed by atoms with E-state index in [0.717, 1.165) is 16.5 Å². The van der Waals surface area contributed by atoms with E-state index in [9.17, 15) is 4.79 Å². The molecule has 2 aromatic heterocycles. The lowest BCUT2D eigenvalue weighted by molar-refractivity contribution is -0.113. The van der Waals surface area contributed by atoms with Crippen LogP contribution in [0.1, 0.15) is 11.1 Å². The predicted octanol–water partition coefficient (Wildman–Crippen LogP) is 3.92. The molecular formula is C21H21N7OS2. The smallest absolute Gasteiger partial charge is 0.234 e. The molecule has 0 radical (unpaired) electrons. The van der Waals surface area contributed by atoms with Crippen molar-refractivity contribution in [2.75, 3.05) is 17.3 Å². The second-order valence-electron chi connectivity index (χ2n) is 6.76. The summed E-state index contributed by atoms with van der Waals surface area (Å²) in [5.74, 6) is 0.131. The van der Waals surface area contributed by atoms with Gasteiger partial charge in [-0.3, -0.25) is 9.36 Å². The Balaban J connectivity index is 1.44. The SMILES string of the molecule is CSc1nnnn1-c1cccc(NC(=O)CSc2nccn2-c2cccc(C)c2C)c1. The maximum absolute atomic E-state index is 12.6.